The summed E-state index contributed by atoms with van der Waals surface area (Å²) < 4.78 is 0. The highest BCUT2D eigenvalue weighted by Gasteiger charge is 2.29. The van der Waals surface area contributed by atoms with Gasteiger partial charge in [0.1, 0.15) is 5.01 Å². The van der Waals surface area contributed by atoms with Gasteiger partial charge in [0.25, 0.3) is 0 Å². The molecule has 1 atom stereocenters. The lowest BCUT2D eigenvalue weighted by molar-refractivity contribution is -0.140. The van der Waals surface area contributed by atoms with Crippen LogP contribution in [0.3, 0.4) is 0 Å². The first-order valence-electron chi connectivity index (χ1n) is 7.81. The van der Waals surface area contributed by atoms with Crippen LogP contribution in [0.5, 0.6) is 0 Å². The fraction of sp³-hybridized carbons (Fsp3) is 0.412. The predicted molar refractivity (Wildman–Crippen MR) is 89.1 cm³/mol. The maximum Gasteiger partial charge on any atom is 0.229 e. The number of piperidine rings is 1. The van der Waals surface area contributed by atoms with Gasteiger partial charge in [0.2, 0.25) is 5.91 Å². The van der Waals surface area contributed by atoms with Gasteiger partial charge in [-0.25, -0.2) is 4.98 Å². The van der Waals surface area contributed by atoms with E-state index in [0.29, 0.717) is 6.54 Å². The third-order valence-corrected chi connectivity index (χ3v) is 4.97. The second-order valence-corrected chi connectivity index (χ2v) is 6.60. The van der Waals surface area contributed by atoms with Crippen LogP contribution in [0.4, 0.5) is 0 Å². The number of hydrogen-bond donors (Lipinski definition) is 0. The molecule has 2 aromatic rings. The zero-order valence-electron chi connectivity index (χ0n) is 13.1. The summed E-state index contributed by atoms with van der Waals surface area (Å²) in [5.41, 5.74) is 1.56. The molecule has 0 aliphatic carbocycles. The summed E-state index contributed by atoms with van der Waals surface area (Å²) in [7, 11) is 0. The summed E-state index contributed by atoms with van der Waals surface area (Å²) in [4.78, 5) is 34.8. The van der Waals surface area contributed by atoms with Crippen molar-refractivity contribution in [2.75, 3.05) is 6.54 Å². The van der Waals surface area contributed by atoms with Gasteiger partial charge in [0, 0.05) is 18.1 Å². The SMILES string of the molecule is CC(=O)C1CCCCN1C(=O)Cc1csc(-c2ccccn2)n1. The van der Waals surface area contributed by atoms with Crippen LogP contribution in [-0.2, 0) is 16.0 Å². The molecule has 0 N–H and O–H groups in total. The maximum atomic E-state index is 12.6. The van der Waals surface area contributed by atoms with E-state index in [2.05, 4.69) is 9.97 Å². The number of Topliss-reactive ketones (excluding diaryl/α,β-unsaturated/α-hetero) is 1. The summed E-state index contributed by atoms with van der Waals surface area (Å²) in [5, 5.41) is 2.71. The van der Waals surface area contributed by atoms with Crippen molar-refractivity contribution in [1.29, 1.82) is 0 Å². The topological polar surface area (TPSA) is 63.2 Å². The Hall–Kier alpha value is -2.08. The Kier molecular flexibility index (Phi) is 4.81. The third-order valence-electron chi connectivity index (χ3n) is 4.06. The number of carbonyl (C=O) groups excluding carboxylic acids is 2. The molecule has 6 heteroatoms. The smallest absolute Gasteiger partial charge is 0.229 e. The zero-order valence-corrected chi connectivity index (χ0v) is 13.9. The molecular formula is C17H19N3O2S. The molecule has 1 amide bonds. The quantitative estimate of drug-likeness (QED) is 0.865. The van der Waals surface area contributed by atoms with E-state index in [1.807, 2.05) is 23.6 Å². The van der Waals surface area contributed by atoms with E-state index in [1.54, 1.807) is 18.0 Å². The lowest BCUT2D eigenvalue weighted by Crippen LogP contribution is -2.47. The fourth-order valence-electron chi connectivity index (χ4n) is 2.90. The van der Waals surface area contributed by atoms with Gasteiger partial charge in [0.05, 0.1) is 23.9 Å². The van der Waals surface area contributed by atoms with Crippen molar-refractivity contribution in [2.24, 2.45) is 0 Å². The molecule has 3 heterocycles. The van der Waals surface area contributed by atoms with Crippen LogP contribution in [0.15, 0.2) is 29.8 Å². The molecule has 0 spiro atoms. The molecule has 120 valence electrons. The summed E-state index contributed by atoms with van der Waals surface area (Å²) >= 11 is 1.49. The van der Waals surface area contributed by atoms with Crippen molar-refractivity contribution in [3.05, 3.63) is 35.5 Å². The molecule has 1 aliphatic heterocycles. The monoisotopic (exact) mass is 329 g/mol. The largest absolute Gasteiger partial charge is 0.332 e. The van der Waals surface area contributed by atoms with Crippen LogP contribution in [0, 0.1) is 0 Å². The Morgan fingerprint density at radius 2 is 2.22 bits per heavy atom. The van der Waals surface area contributed by atoms with E-state index >= 15 is 0 Å². The van der Waals surface area contributed by atoms with Crippen molar-refractivity contribution in [3.8, 4) is 10.7 Å². The maximum absolute atomic E-state index is 12.6. The Labute approximate surface area is 139 Å². The Morgan fingerprint density at radius 3 is 2.96 bits per heavy atom. The van der Waals surface area contributed by atoms with Gasteiger partial charge in [-0.2, -0.15) is 0 Å². The number of amides is 1. The molecule has 0 radical (unpaired) electrons. The Morgan fingerprint density at radius 1 is 1.35 bits per heavy atom. The lowest BCUT2D eigenvalue weighted by atomic mass is 9.98. The van der Waals surface area contributed by atoms with Crippen molar-refractivity contribution in [2.45, 2.75) is 38.6 Å². The molecule has 1 unspecified atom stereocenters. The van der Waals surface area contributed by atoms with Crippen LogP contribution in [-0.4, -0.2) is 39.1 Å². The molecule has 0 saturated carbocycles. The minimum atomic E-state index is -0.259. The normalized spacial score (nSPS) is 18.0. The van der Waals surface area contributed by atoms with Crippen LogP contribution >= 0.6 is 11.3 Å². The van der Waals surface area contributed by atoms with E-state index in [1.165, 1.54) is 11.3 Å². The van der Waals surface area contributed by atoms with Crippen molar-refractivity contribution >= 4 is 23.0 Å². The number of thiazole rings is 1. The van der Waals surface area contributed by atoms with Crippen molar-refractivity contribution < 1.29 is 9.59 Å². The van der Waals surface area contributed by atoms with E-state index in [0.717, 1.165) is 35.7 Å². The summed E-state index contributed by atoms with van der Waals surface area (Å²) in [5.74, 6) is 0.0632. The van der Waals surface area contributed by atoms with Crippen LogP contribution in [0.25, 0.3) is 10.7 Å². The van der Waals surface area contributed by atoms with Crippen LogP contribution < -0.4 is 0 Å². The molecule has 1 saturated heterocycles. The van der Waals surface area contributed by atoms with Gasteiger partial charge in [-0.3, -0.25) is 14.6 Å². The van der Waals surface area contributed by atoms with Gasteiger partial charge in [0.15, 0.2) is 5.78 Å². The number of carbonyl (C=O) groups is 2. The van der Waals surface area contributed by atoms with Gasteiger partial charge in [-0.15, -0.1) is 11.3 Å². The molecule has 23 heavy (non-hydrogen) atoms. The van der Waals surface area contributed by atoms with Gasteiger partial charge in [-0.1, -0.05) is 6.07 Å². The number of nitrogens with zero attached hydrogens (tertiary/aromatic N) is 3. The number of likely N-dealkylation sites (tertiary alicyclic amines) is 1. The lowest BCUT2D eigenvalue weighted by Gasteiger charge is -2.34. The first kappa shape index (κ1) is 15.8. The summed E-state index contributed by atoms with van der Waals surface area (Å²) in [6.07, 6.45) is 4.72. The number of aromatic nitrogens is 2. The average molecular weight is 329 g/mol. The zero-order chi connectivity index (χ0) is 16.2. The highest BCUT2D eigenvalue weighted by Crippen LogP contribution is 2.23. The Balaban J connectivity index is 1.70. The summed E-state index contributed by atoms with van der Waals surface area (Å²) in [6.45, 7) is 2.23. The van der Waals surface area contributed by atoms with E-state index < -0.39 is 0 Å². The van der Waals surface area contributed by atoms with Crippen LogP contribution in [0.2, 0.25) is 0 Å². The van der Waals surface area contributed by atoms with Crippen molar-refractivity contribution in [1.82, 2.24) is 14.9 Å². The number of pyridine rings is 1. The van der Waals surface area contributed by atoms with E-state index in [9.17, 15) is 9.59 Å². The minimum absolute atomic E-state index is 0.0113. The van der Waals surface area contributed by atoms with Gasteiger partial charge >= 0.3 is 0 Å². The molecule has 0 aromatic carbocycles. The first-order chi connectivity index (χ1) is 11.1. The standard InChI is InChI=1S/C17H19N3O2S/c1-12(21)15-7-3-5-9-20(15)16(22)10-13-11-23-17(19-13)14-6-2-4-8-18-14/h2,4,6,8,11,15H,3,5,7,9-10H2,1H3. The Bertz CT molecular complexity index is 699. The predicted octanol–water partition coefficient (Wildman–Crippen LogP) is 2.72. The first-order valence-corrected chi connectivity index (χ1v) is 8.69. The average Bonchev–Trinajstić information content (AvgIpc) is 3.04. The molecule has 1 aliphatic rings. The number of rotatable bonds is 4. The van der Waals surface area contributed by atoms with Crippen molar-refractivity contribution in [3.63, 3.8) is 0 Å². The second-order valence-electron chi connectivity index (χ2n) is 5.75. The highest BCUT2D eigenvalue weighted by atomic mass is 32.1. The molecule has 5 nitrogen and oxygen atoms in total. The highest BCUT2D eigenvalue weighted by molar-refractivity contribution is 7.13. The number of ketones is 1. The van der Waals surface area contributed by atoms with E-state index in [4.69, 9.17) is 0 Å². The third kappa shape index (κ3) is 3.64. The van der Waals surface area contributed by atoms with Crippen LogP contribution in [0.1, 0.15) is 31.9 Å². The molecular weight excluding hydrogens is 310 g/mol. The second kappa shape index (κ2) is 7.00. The minimum Gasteiger partial charge on any atom is -0.332 e. The van der Waals surface area contributed by atoms with Gasteiger partial charge < -0.3 is 4.90 Å². The molecule has 0 bridgehead atoms. The fourth-order valence-corrected chi connectivity index (χ4v) is 3.70. The summed E-state index contributed by atoms with van der Waals surface area (Å²) in [6, 6.07) is 5.42. The molecule has 2 aromatic heterocycles. The van der Waals surface area contributed by atoms with E-state index in [-0.39, 0.29) is 24.2 Å². The number of hydrogen-bond acceptors (Lipinski definition) is 5. The van der Waals surface area contributed by atoms with Gasteiger partial charge in [-0.05, 0) is 38.3 Å². The molecule has 3 rings (SSSR count). The molecule has 1 fully saturated rings.